The third-order valence-electron chi connectivity index (χ3n) is 13.8. The summed E-state index contributed by atoms with van der Waals surface area (Å²) in [5, 5.41) is 29.9. The van der Waals surface area contributed by atoms with Crippen molar-refractivity contribution in [2.45, 2.75) is 328 Å². The Balaban J connectivity index is 3.69. The van der Waals surface area contributed by atoms with Gasteiger partial charge in [0.25, 0.3) is 0 Å². The van der Waals surface area contributed by atoms with Crippen LogP contribution in [0.4, 0.5) is 0 Å². The molecule has 0 aromatic rings. The number of unbranched alkanes of at least 4 members (excludes halogenated alkanes) is 43. The zero-order valence-electron chi connectivity index (χ0n) is 41.8. The lowest BCUT2D eigenvalue weighted by Gasteiger charge is -2.27. The highest BCUT2D eigenvalue weighted by Gasteiger charge is 2.38. The summed E-state index contributed by atoms with van der Waals surface area (Å²) in [5.74, 6) is -0.633. The lowest BCUT2D eigenvalue weighted by molar-refractivity contribution is -0.151. The summed E-state index contributed by atoms with van der Waals surface area (Å²) in [4.78, 5) is 13.1. The summed E-state index contributed by atoms with van der Waals surface area (Å²) in [6.07, 6.45) is 68.7. The van der Waals surface area contributed by atoms with E-state index in [1.165, 1.54) is 257 Å². The molecular formula is C57H112O4. The summed E-state index contributed by atoms with van der Waals surface area (Å²) >= 11 is 0. The van der Waals surface area contributed by atoms with Crippen molar-refractivity contribution in [2.24, 2.45) is 5.92 Å². The van der Waals surface area contributed by atoms with Gasteiger partial charge in [-0.05, 0) is 38.5 Å². The maximum atomic E-state index is 13.1. The molecule has 0 fully saturated rings. The van der Waals surface area contributed by atoms with E-state index < -0.39 is 18.8 Å². The Labute approximate surface area is 383 Å². The molecule has 4 nitrogen and oxygen atoms in total. The average molecular weight is 862 g/mol. The number of hydrogen-bond donors (Lipinski definition) is 3. The molecule has 0 aliphatic carbocycles. The molecule has 0 heterocycles. The van der Waals surface area contributed by atoms with E-state index in [4.69, 9.17) is 0 Å². The van der Waals surface area contributed by atoms with E-state index in [2.05, 4.69) is 26.0 Å². The van der Waals surface area contributed by atoms with Gasteiger partial charge in [-0.2, -0.15) is 0 Å². The minimum Gasteiger partial charge on any atom is -0.393 e. The van der Waals surface area contributed by atoms with E-state index in [0.717, 1.165) is 51.4 Å². The van der Waals surface area contributed by atoms with Crippen LogP contribution in [0.1, 0.15) is 322 Å². The maximum absolute atomic E-state index is 13.1. The molecule has 4 heteroatoms. The van der Waals surface area contributed by atoms with Crippen LogP contribution in [0, 0.1) is 5.92 Å². The quantitative estimate of drug-likeness (QED) is 0.0421. The van der Waals surface area contributed by atoms with Crippen LogP contribution in [0.3, 0.4) is 0 Å². The number of Topliss-reactive ketones (excluding diaryl/α,β-unsaturated/α-hetero) is 1. The van der Waals surface area contributed by atoms with Gasteiger partial charge in [0.15, 0.2) is 11.4 Å². The number of carbonyl (C=O) groups is 1. The molecule has 0 saturated heterocycles. The molecule has 0 saturated carbocycles. The molecule has 1 unspecified atom stereocenters. The highest BCUT2D eigenvalue weighted by Crippen LogP contribution is 2.25. The second-order valence-electron chi connectivity index (χ2n) is 19.9. The largest absolute Gasteiger partial charge is 0.393 e. The Kier molecular flexibility index (Phi) is 49.7. The van der Waals surface area contributed by atoms with Gasteiger partial charge in [-0.25, -0.2) is 0 Å². The zero-order chi connectivity index (χ0) is 44.4. The summed E-state index contributed by atoms with van der Waals surface area (Å²) in [6, 6.07) is 0. The first-order chi connectivity index (χ1) is 30.1. The van der Waals surface area contributed by atoms with Crippen LogP contribution < -0.4 is 0 Å². The Morgan fingerprint density at radius 3 is 0.754 bits per heavy atom. The molecule has 61 heavy (non-hydrogen) atoms. The van der Waals surface area contributed by atoms with Crippen LogP contribution in [0.25, 0.3) is 0 Å². The number of carbonyl (C=O) groups excluding carboxylic acids is 1. The molecule has 0 aromatic carbocycles. The third kappa shape index (κ3) is 43.0. The number of ketones is 1. The van der Waals surface area contributed by atoms with Crippen LogP contribution in [-0.2, 0) is 4.79 Å². The van der Waals surface area contributed by atoms with E-state index in [1.54, 1.807) is 0 Å². The molecular weight excluding hydrogens is 749 g/mol. The summed E-state index contributed by atoms with van der Waals surface area (Å²) < 4.78 is 0. The topological polar surface area (TPSA) is 77.8 Å². The molecule has 0 amide bonds. The van der Waals surface area contributed by atoms with Crippen molar-refractivity contribution in [3.05, 3.63) is 12.2 Å². The molecule has 0 rings (SSSR count). The molecule has 0 bridgehead atoms. The van der Waals surface area contributed by atoms with E-state index >= 15 is 0 Å². The van der Waals surface area contributed by atoms with Gasteiger partial charge in [-0.3, -0.25) is 4.79 Å². The third-order valence-corrected chi connectivity index (χ3v) is 13.8. The maximum Gasteiger partial charge on any atom is 0.172 e. The predicted molar refractivity (Wildman–Crippen MR) is 270 cm³/mol. The fraction of sp³-hybridized carbons (Fsp3) is 0.947. The molecule has 3 N–H and O–H groups in total. The molecule has 0 aliphatic heterocycles. The minimum absolute atomic E-state index is 0.274. The second kappa shape index (κ2) is 50.3. The Hall–Kier alpha value is -0.710. The van der Waals surface area contributed by atoms with Crippen molar-refractivity contribution in [1.29, 1.82) is 0 Å². The number of rotatable bonds is 53. The lowest BCUT2D eigenvalue weighted by atomic mass is 9.83. The first-order valence-corrected chi connectivity index (χ1v) is 28.2. The van der Waals surface area contributed by atoms with Crippen LogP contribution in [-0.4, -0.2) is 39.9 Å². The highest BCUT2D eigenvalue weighted by atomic mass is 16.4. The fourth-order valence-electron chi connectivity index (χ4n) is 9.40. The Bertz CT molecular complexity index is 865. The normalized spacial score (nSPS) is 12.6. The highest BCUT2D eigenvalue weighted by molar-refractivity contribution is 5.89. The summed E-state index contributed by atoms with van der Waals surface area (Å²) in [5.41, 5.74) is -2.00. The van der Waals surface area contributed by atoms with Gasteiger partial charge in [0, 0.05) is 5.92 Å². The molecule has 0 aromatic heterocycles. The average Bonchev–Trinajstić information content (AvgIpc) is 3.28. The minimum atomic E-state index is -2.00. The van der Waals surface area contributed by atoms with Gasteiger partial charge in [-0.15, -0.1) is 0 Å². The SMILES string of the molecule is CCCCCCCCCCCCCCCCCCCCCCCCCC/C=C\CCCCCCC(CCCCCCCCCCCCCCCCCC)C(=O)C(O)(CO)CO. The number of allylic oxidation sites excluding steroid dienone is 2. The lowest BCUT2D eigenvalue weighted by Crippen LogP contribution is -2.49. The van der Waals surface area contributed by atoms with Gasteiger partial charge < -0.3 is 15.3 Å². The number of hydrogen-bond acceptors (Lipinski definition) is 4. The molecule has 364 valence electrons. The molecule has 1 atom stereocenters. The second-order valence-corrected chi connectivity index (χ2v) is 19.9. The first kappa shape index (κ1) is 60.3. The van der Waals surface area contributed by atoms with Crippen LogP contribution in [0.2, 0.25) is 0 Å². The molecule has 0 aliphatic rings. The Morgan fingerprint density at radius 1 is 0.344 bits per heavy atom. The van der Waals surface area contributed by atoms with Crippen molar-refractivity contribution in [2.75, 3.05) is 13.2 Å². The molecule has 0 spiro atoms. The monoisotopic (exact) mass is 861 g/mol. The van der Waals surface area contributed by atoms with Crippen molar-refractivity contribution in [3.8, 4) is 0 Å². The predicted octanol–water partition coefficient (Wildman–Crippen LogP) is 18.2. The fourth-order valence-corrected chi connectivity index (χ4v) is 9.40. The van der Waals surface area contributed by atoms with E-state index in [1.807, 2.05) is 0 Å². The molecule has 0 radical (unpaired) electrons. The number of aliphatic hydroxyl groups excluding tert-OH is 2. The smallest absolute Gasteiger partial charge is 0.172 e. The zero-order valence-corrected chi connectivity index (χ0v) is 41.8. The van der Waals surface area contributed by atoms with Crippen LogP contribution >= 0.6 is 0 Å². The van der Waals surface area contributed by atoms with Gasteiger partial charge in [0.2, 0.25) is 0 Å². The Morgan fingerprint density at radius 2 is 0.541 bits per heavy atom. The van der Waals surface area contributed by atoms with Crippen molar-refractivity contribution >= 4 is 5.78 Å². The van der Waals surface area contributed by atoms with Crippen molar-refractivity contribution in [1.82, 2.24) is 0 Å². The first-order valence-electron chi connectivity index (χ1n) is 28.2. The van der Waals surface area contributed by atoms with Gasteiger partial charge in [0.1, 0.15) is 0 Å². The van der Waals surface area contributed by atoms with Gasteiger partial charge in [0.05, 0.1) is 13.2 Å². The van der Waals surface area contributed by atoms with E-state index in [-0.39, 0.29) is 11.7 Å². The number of aliphatic hydroxyl groups is 3. The standard InChI is InChI=1S/C57H112O4/c1-3-5-7-9-11-13-15-17-19-21-22-23-24-25-26-27-28-29-30-31-32-33-34-35-36-38-40-42-44-46-48-50-52-55(56(60)57(61,53-58)54-59)51-49-47-45-43-41-39-37-20-18-16-14-12-10-8-6-4-2/h38,40,55,58-59,61H,3-37,39,41-54H2,1-2H3/b40-38-. The van der Waals surface area contributed by atoms with E-state index in [9.17, 15) is 20.1 Å². The van der Waals surface area contributed by atoms with E-state index in [0.29, 0.717) is 0 Å². The van der Waals surface area contributed by atoms with Gasteiger partial charge >= 0.3 is 0 Å². The van der Waals surface area contributed by atoms with Crippen molar-refractivity contribution in [3.63, 3.8) is 0 Å². The summed E-state index contributed by atoms with van der Waals surface area (Å²) in [6.45, 7) is 3.17. The van der Waals surface area contributed by atoms with Gasteiger partial charge in [-0.1, -0.05) is 296 Å². The van der Waals surface area contributed by atoms with Crippen LogP contribution in [0.15, 0.2) is 12.2 Å². The van der Waals surface area contributed by atoms with Crippen molar-refractivity contribution < 1.29 is 20.1 Å². The summed E-state index contributed by atoms with van der Waals surface area (Å²) in [7, 11) is 0. The van der Waals surface area contributed by atoms with Crippen LogP contribution in [0.5, 0.6) is 0 Å².